The highest BCUT2D eigenvalue weighted by atomic mass is 35.5. The Hall–Kier alpha value is -0.920. The largest absolute Gasteiger partial charge is 0.340 e. The first kappa shape index (κ1) is 24.4. The zero-order valence-electron chi connectivity index (χ0n) is 16.9. The van der Waals surface area contributed by atoms with E-state index < -0.39 is 0 Å². The lowest BCUT2D eigenvalue weighted by Crippen LogP contribution is -2.45. The van der Waals surface area contributed by atoms with Crippen molar-refractivity contribution in [3.8, 4) is 0 Å². The predicted octanol–water partition coefficient (Wildman–Crippen LogP) is 2.44. The van der Waals surface area contributed by atoms with Crippen molar-refractivity contribution >= 4 is 30.7 Å². The third kappa shape index (κ3) is 6.05. The molecule has 1 atom stereocenters. The number of rotatable bonds is 3. The summed E-state index contributed by atoms with van der Waals surface area (Å²) in [5.41, 5.74) is 1.45. The Balaban J connectivity index is 0.00000150. The lowest BCUT2D eigenvalue weighted by atomic mass is 9.77. The van der Waals surface area contributed by atoms with Crippen LogP contribution in [-0.2, 0) is 11.3 Å². The summed E-state index contributed by atoms with van der Waals surface area (Å²) < 4.78 is 13.1. The van der Waals surface area contributed by atoms with Crippen molar-refractivity contribution in [1.29, 1.82) is 0 Å². The molecule has 1 amide bonds. The summed E-state index contributed by atoms with van der Waals surface area (Å²) in [6.07, 6.45) is 4.34. The number of hydrogen-bond acceptors (Lipinski definition) is 4. The number of carbonyl (C=O) groups is 1. The highest BCUT2D eigenvalue weighted by Crippen LogP contribution is 2.37. The van der Waals surface area contributed by atoms with Crippen molar-refractivity contribution in [1.82, 2.24) is 20.4 Å². The van der Waals surface area contributed by atoms with Crippen molar-refractivity contribution in [2.24, 2.45) is 5.41 Å². The molecule has 3 saturated heterocycles. The molecule has 3 aliphatic heterocycles. The van der Waals surface area contributed by atoms with Gasteiger partial charge in [-0.15, -0.1) is 24.8 Å². The van der Waals surface area contributed by atoms with Gasteiger partial charge in [-0.1, -0.05) is 12.1 Å². The van der Waals surface area contributed by atoms with Crippen LogP contribution in [0.3, 0.4) is 0 Å². The van der Waals surface area contributed by atoms with E-state index in [1.165, 1.54) is 25.0 Å². The number of hydrogen-bond donors (Lipinski definition) is 2. The van der Waals surface area contributed by atoms with Crippen LogP contribution in [0.1, 0.15) is 31.2 Å². The Bertz CT molecular complexity index is 655. The fraction of sp³-hybridized carbons (Fsp3) is 0.667. The summed E-state index contributed by atoms with van der Waals surface area (Å²) in [6.45, 7) is 7.43. The molecule has 0 saturated carbocycles. The van der Waals surface area contributed by atoms with E-state index in [1.807, 2.05) is 12.1 Å². The van der Waals surface area contributed by atoms with Gasteiger partial charge in [-0.2, -0.15) is 0 Å². The van der Waals surface area contributed by atoms with E-state index in [0.717, 1.165) is 70.8 Å². The van der Waals surface area contributed by atoms with Crippen molar-refractivity contribution in [3.05, 3.63) is 35.6 Å². The van der Waals surface area contributed by atoms with E-state index in [1.54, 1.807) is 0 Å². The maximum Gasteiger partial charge on any atom is 0.239 e. The minimum atomic E-state index is -0.193. The van der Waals surface area contributed by atoms with Crippen LogP contribution in [-0.4, -0.2) is 67.6 Å². The van der Waals surface area contributed by atoms with Gasteiger partial charge in [0.2, 0.25) is 5.91 Å². The van der Waals surface area contributed by atoms with Crippen LogP contribution in [0.4, 0.5) is 4.39 Å². The average molecular weight is 447 g/mol. The summed E-state index contributed by atoms with van der Waals surface area (Å²) in [5, 5.41) is 6.95. The molecular formula is C21H33Cl2FN4O. The SMILES string of the molecule is Cl.Cl.O=C(C1CC2(CCNCC2)CN1)N1CCCN(Cc2ccc(F)cc2)CC1. The number of nitrogens with zero attached hydrogens (tertiary/aromatic N) is 2. The fourth-order valence-electron chi connectivity index (χ4n) is 4.85. The molecule has 164 valence electrons. The molecule has 8 heteroatoms. The Morgan fingerprint density at radius 2 is 1.79 bits per heavy atom. The molecule has 3 aliphatic rings. The predicted molar refractivity (Wildman–Crippen MR) is 118 cm³/mol. The van der Waals surface area contributed by atoms with Gasteiger partial charge in [-0.3, -0.25) is 9.69 Å². The van der Waals surface area contributed by atoms with Crippen molar-refractivity contribution < 1.29 is 9.18 Å². The second-order valence-electron chi connectivity index (χ2n) is 8.47. The number of halogens is 3. The van der Waals surface area contributed by atoms with Crippen LogP contribution >= 0.6 is 24.8 Å². The topological polar surface area (TPSA) is 47.6 Å². The number of amides is 1. The monoisotopic (exact) mass is 446 g/mol. The van der Waals surface area contributed by atoms with Crippen LogP contribution in [0.5, 0.6) is 0 Å². The van der Waals surface area contributed by atoms with E-state index in [-0.39, 0.29) is 42.6 Å². The number of piperidine rings is 1. The van der Waals surface area contributed by atoms with Gasteiger partial charge in [-0.25, -0.2) is 4.39 Å². The molecule has 1 aromatic rings. The van der Waals surface area contributed by atoms with Gasteiger partial charge in [0.25, 0.3) is 0 Å². The van der Waals surface area contributed by atoms with Gasteiger partial charge < -0.3 is 15.5 Å². The van der Waals surface area contributed by atoms with Crippen molar-refractivity contribution in [2.75, 3.05) is 45.8 Å². The molecule has 0 aromatic heterocycles. The van der Waals surface area contributed by atoms with E-state index in [0.29, 0.717) is 5.41 Å². The van der Waals surface area contributed by atoms with E-state index in [4.69, 9.17) is 0 Å². The van der Waals surface area contributed by atoms with Gasteiger partial charge >= 0.3 is 0 Å². The first-order valence-corrected chi connectivity index (χ1v) is 10.3. The second-order valence-corrected chi connectivity index (χ2v) is 8.47. The third-order valence-corrected chi connectivity index (χ3v) is 6.54. The van der Waals surface area contributed by atoms with E-state index in [2.05, 4.69) is 20.4 Å². The Kier molecular flexibility index (Phi) is 9.16. The third-order valence-electron chi connectivity index (χ3n) is 6.54. The second kappa shape index (κ2) is 10.9. The summed E-state index contributed by atoms with van der Waals surface area (Å²) in [7, 11) is 0. The molecule has 0 radical (unpaired) electrons. The van der Waals surface area contributed by atoms with E-state index in [9.17, 15) is 9.18 Å². The minimum absolute atomic E-state index is 0. The Morgan fingerprint density at radius 1 is 1.07 bits per heavy atom. The summed E-state index contributed by atoms with van der Waals surface area (Å²) in [6, 6.07) is 6.73. The molecule has 4 rings (SSSR count). The van der Waals surface area contributed by atoms with Crippen LogP contribution in [0.2, 0.25) is 0 Å². The molecule has 3 fully saturated rings. The maximum atomic E-state index is 13.1. The van der Waals surface area contributed by atoms with Gasteiger partial charge in [0, 0.05) is 39.3 Å². The standard InChI is InChI=1S/C21H31FN4O.2ClH/c22-18-4-2-17(3-5-18)15-25-10-1-11-26(13-12-25)20(27)19-14-21(16-24-19)6-8-23-9-7-21;;/h2-5,19,23-24H,1,6-16H2;2*1H. The molecule has 0 bridgehead atoms. The van der Waals surface area contributed by atoms with Crippen LogP contribution in [0.25, 0.3) is 0 Å². The molecule has 2 N–H and O–H groups in total. The molecular weight excluding hydrogens is 414 g/mol. The Labute approximate surface area is 185 Å². The molecule has 29 heavy (non-hydrogen) atoms. The first-order valence-electron chi connectivity index (χ1n) is 10.3. The quantitative estimate of drug-likeness (QED) is 0.748. The highest BCUT2D eigenvalue weighted by Gasteiger charge is 2.43. The van der Waals surface area contributed by atoms with E-state index >= 15 is 0 Å². The average Bonchev–Trinajstić information content (AvgIpc) is 2.94. The molecule has 1 aromatic carbocycles. The molecule has 3 heterocycles. The normalized spacial score (nSPS) is 24.4. The van der Waals surface area contributed by atoms with Crippen LogP contribution in [0, 0.1) is 11.2 Å². The molecule has 1 unspecified atom stereocenters. The smallest absolute Gasteiger partial charge is 0.239 e. The molecule has 1 spiro atoms. The Morgan fingerprint density at radius 3 is 2.52 bits per heavy atom. The summed E-state index contributed by atoms with van der Waals surface area (Å²) >= 11 is 0. The van der Waals surface area contributed by atoms with Gasteiger partial charge in [0.15, 0.2) is 0 Å². The van der Waals surface area contributed by atoms with Crippen LogP contribution < -0.4 is 10.6 Å². The van der Waals surface area contributed by atoms with Gasteiger partial charge in [0.05, 0.1) is 6.04 Å². The number of benzene rings is 1. The van der Waals surface area contributed by atoms with Gasteiger partial charge in [-0.05, 0) is 61.9 Å². The molecule has 5 nitrogen and oxygen atoms in total. The fourth-order valence-corrected chi connectivity index (χ4v) is 4.85. The lowest BCUT2D eigenvalue weighted by molar-refractivity contribution is -0.133. The number of carbonyl (C=O) groups excluding carboxylic acids is 1. The minimum Gasteiger partial charge on any atom is -0.340 e. The van der Waals surface area contributed by atoms with Crippen molar-refractivity contribution in [2.45, 2.75) is 38.3 Å². The lowest BCUT2D eigenvalue weighted by Gasteiger charge is -2.33. The zero-order chi connectivity index (χ0) is 18.7. The highest BCUT2D eigenvalue weighted by molar-refractivity contribution is 5.85. The summed E-state index contributed by atoms with van der Waals surface area (Å²) in [5.74, 6) is 0.0935. The number of nitrogens with one attached hydrogen (secondary N) is 2. The molecule has 0 aliphatic carbocycles. The van der Waals surface area contributed by atoms with Gasteiger partial charge in [0.1, 0.15) is 5.82 Å². The zero-order valence-corrected chi connectivity index (χ0v) is 18.5. The van der Waals surface area contributed by atoms with Crippen molar-refractivity contribution in [3.63, 3.8) is 0 Å². The van der Waals surface area contributed by atoms with Crippen LogP contribution in [0.15, 0.2) is 24.3 Å². The first-order chi connectivity index (χ1) is 13.1. The maximum absolute atomic E-state index is 13.1. The summed E-state index contributed by atoms with van der Waals surface area (Å²) in [4.78, 5) is 17.5.